The zero-order chi connectivity index (χ0) is 19.5. The first-order valence-corrected chi connectivity index (χ1v) is 10.0. The van der Waals surface area contributed by atoms with Crippen molar-refractivity contribution in [3.05, 3.63) is 70.3 Å². The fraction of sp³-hybridized carbons (Fsp3) is 0.538. The lowest BCUT2D eigenvalue weighted by molar-refractivity contribution is 0.424. The Bertz CT molecular complexity index is 807. The van der Waals surface area contributed by atoms with Gasteiger partial charge in [0.25, 0.3) is 0 Å². The predicted molar refractivity (Wildman–Crippen MR) is 114 cm³/mol. The van der Waals surface area contributed by atoms with Crippen LogP contribution in [0.4, 0.5) is 0 Å². The third kappa shape index (κ3) is 3.13. The number of benzene rings is 2. The summed E-state index contributed by atoms with van der Waals surface area (Å²) in [5.41, 5.74) is 8.03. The summed E-state index contributed by atoms with van der Waals surface area (Å²) < 4.78 is 0. The maximum absolute atomic E-state index is 2.48. The van der Waals surface area contributed by atoms with Crippen LogP contribution in [0.1, 0.15) is 96.6 Å². The summed E-state index contributed by atoms with van der Waals surface area (Å²) in [6.45, 7) is 21.0. The molecular weight excluding hydrogens is 312 g/mol. The van der Waals surface area contributed by atoms with Crippen molar-refractivity contribution >= 4 is 0 Å². The van der Waals surface area contributed by atoms with Gasteiger partial charge in [0.15, 0.2) is 0 Å². The monoisotopic (exact) mass is 348 g/mol. The Balaban J connectivity index is 2.11. The van der Waals surface area contributed by atoms with Crippen molar-refractivity contribution in [3.63, 3.8) is 0 Å². The standard InChI is InChI=1S/C26H36/c1-23(2,3)18-10-12-19(13-11-18)26(9)17-25(7,8)22-16-20(24(4,5)6)14-15-21(22)26/h10-16H,17H2,1-9H3. The van der Waals surface area contributed by atoms with Crippen molar-refractivity contribution in [1.82, 2.24) is 0 Å². The molecule has 0 spiro atoms. The topological polar surface area (TPSA) is 0 Å². The normalized spacial score (nSPS) is 22.3. The molecule has 0 bridgehead atoms. The van der Waals surface area contributed by atoms with Gasteiger partial charge in [0.2, 0.25) is 0 Å². The summed E-state index contributed by atoms with van der Waals surface area (Å²) in [6.07, 6.45) is 1.16. The average molecular weight is 349 g/mol. The molecule has 0 aliphatic heterocycles. The van der Waals surface area contributed by atoms with Crippen LogP contribution in [0.2, 0.25) is 0 Å². The minimum Gasteiger partial charge on any atom is -0.0582 e. The van der Waals surface area contributed by atoms with Gasteiger partial charge in [0.1, 0.15) is 0 Å². The van der Waals surface area contributed by atoms with Crippen molar-refractivity contribution in [1.29, 1.82) is 0 Å². The van der Waals surface area contributed by atoms with Crippen LogP contribution < -0.4 is 0 Å². The second-order valence-corrected chi connectivity index (χ2v) is 11.2. The van der Waals surface area contributed by atoms with Gasteiger partial charge >= 0.3 is 0 Å². The first-order valence-electron chi connectivity index (χ1n) is 10.0. The highest BCUT2D eigenvalue weighted by molar-refractivity contribution is 5.54. The van der Waals surface area contributed by atoms with E-state index in [0.717, 1.165) is 6.42 Å². The number of hydrogen-bond acceptors (Lipinski definition) is 0. The van der Waals surface area contributed by atoms with E-state index in [1.54, 1.807) is 0 Å². The molecule has 0 N–H and O–H groups in total. The molecule has 1 aliphatic rings. The number of rotatable bonds is 1. The molecule has 1 atom stereocenters. The summed E-state index contributed by atoms with van der Waals surface area (Å²) in [5.74, 6) is 0. The van der Waals surface area contributed by atoms with Crippen molar-refractivity contribution in [2.24, 2.45) is 0 Å². The van der Waals surface area contributed by atoms with E-state index in [4.69, 9.17) is 0 Å². The highest BCUT2D eigenvalue weighted by Gasteiger charge is 2.46. The Morgan fingerprint density at radius 1 is 0.654 bits per heavy atom. The second-order valence-electron chi connectivity index (χ2n) is 11.2. The summed E-state index contributed by atoms with van der Waals surface area (Å²) in [6, 6.07) is 16.6. The molecule has 3 rings (SSSR count). The van der Waals surface area contributed by atoms with Crippen LogP contribution in [0, 0.1) is 0 Å². The van der Waals surface area contributed by atoms with E-state index in [9.17, 15) is 0 Å². The van der Waals surface area contributed by atoms with Gasteiger partial charge in [0.05, 0.1) is 0 Å². The molecule has 0 amide bonds. The maximum atomic E-state index is 2.48. The highest BCUT2D eigenvalue weighted by atomic mass is 14.5. The summed E-state index contributed by atoms with van der Waals surface area (Å²) in [5, 5.41) is 0. The molecule has 1 aliphatic carbocycles. The van der Waals surface area contributed by atoms with Crippen molar-refractivity contribution in [2.45, 2.75) is 90.4 Å². The van der Waals surface area contributed by atoms with Crippen LogP contribution >= 0.6 is 0 Å². The van der Waals surface area contributed by atoms with Gasteiger partial charge in [-0.2, -0.15) is 0 Å². The Hall–Kier alpha value is -1.56. The van der Waals surface area contributed by atoms with Crippen molar-refractivity contribution in [3.8, 4) is 0 Å². The molecule has 0 saturated heterocycles. The van der Waals surface area contributed by atoms with Crippen LogP contribution in [0.3, 0.4) is 0 Å². The lowest BCUT2D eigenvalue weighted by Crippen LogP contribution is -2.23. The number of hydrogen-bond donors (Lipinski definition) is 0. The molecule has 0 radical (unpaired) electrons. The maximum Gasteiger partial charge on any atom is 0.0185 e. The predicted octanol–water partition coefficient (Wildman–Crippen LogP) is 7.27. The van der Waals surface area contributed by atoms with E-state index in [0.29, 0.717) is 0 Å². The van der Waals surface area contributed by atoms with Crippen LogP contribution in [-0.4, -0.2) is 0 Å². The Kier molecular flexibility index (Phi) is 4.22. The minimum atomic E-state index is 0.0890. The third-order valence-corrected chi connectivity index (χ3v) is 6.39. The zero-order valence-corrected chi connectivity index (χ0v) is 18.2. The van der Waals surface area contributed by atoms with Crippen molar-refractivity contribution < 1.29 is 0 Å². The van der Waals surface area contributed by atoms with E-state index in [2.05, 4.69) is 105 Å². The molecule has 140 valence electrons. The summed E-state index contributed by atoms with van der Waals surface area (Å²) in [7, 11) is 0. The summed E-state index contributed by atoms with van der Waals surface area (Å²) >= 11 is 0. The first-order chi connectivity index (χ1) is 11.7. The molecule has 2 aromatic carbocycles. The molecular formula is C26H36. The fourth-order valence-electron chi connectivity index (χ4n) is 4.72. The van der Waals surface area contributed by atoms with Gasteiger partial charge < -0.3 is 0 Å². The van der Waals surface area contributed by atoms with Gasteiger partial charge in [-0.15, -0.1) is 0 Å². The highest BCUT2D eigenvalue weighted by Crippen LogP contribution is 2.53. The minimum absolute atomic E-state index is 0.0890. The second kappa shape index (κ2) is 5.72. The Labute approximate surface area is 161 Å². The van der Waals surface area contributed by atoms with Crippen LogP contribution in [0.25, 0.3) is 0 Å². The lowest BCUT2D eigenvalue weighted by atomic mass is 9.74. The number of fused-ring (bicyclic) bond motifs is 1. The molecule has 0 aromatic heterocycles. The molecule has 26 heavy (non-hydrogen) atoms. The van der Waals surface area contributed by atoms with Gasteiger partial charge in [-0.05, 0) is 50.5 Å². The van der Waals surface area contributed by atoms with E-state index in [-0.39, 0.29) is 21.7 Å². The largest absolute Gasteiger partial charge is 0.0582 e. The van der Waals surface area contributed by atoms with Crippen molar-refractivity contribution in [2.75, 3.05) is 0 Å². The smallest absolute Gasteiger partial charge is 0.0185 e. The van der Waals surface area contributed by atoms with Crippen LogP contribution in [0.15, 0.2) is 42.5 Å². The fourth-order valence-corrected chi connectivity index (χ4v) is 4.72. The van der Waals surface area contributed by atoms with E-state index < -0.39 is 0 Å². The van der Waals surface area contributed by atoms with E-state index in [1.165, 1.54) is 27.8 Å². The van der Waals surface area contributed by atoms with Gasteiger partial charge in [-0.25, -0.2) is 0 Å². The molecule has 0 nitrogen and oxygen atoms in total. The lowest BCUT2D eigenvalue weighted by Gasteiger charge is -2.29. The Morgan fingerprint density at radius 2 is 1.15 bits per heavy atom. The zero-order valence-electron chi connectivity index (χ0n) is 18.2. The molecule has 0 fully saturated rings. The Morgan fingerprint density at radius 3 is 1.65 bits per heavy atom. The van der Waals surface area contributed by atoms with Crippen LogP contribution in [0.5, 0.6) is 0 Å². The summed E-state index contributed by atoms with van der Waals surface area (Å²) in [4.78, 5) is 0. The van der Waals surface area contributed by atoms with Crippen LogP contribution in [-0.2, 0) is 21.7 Å². The quantitative estimate of drug-likeness (QED) is 0.508. The van der Waals surface area contributed by atoms with Gasteiger partial charge in [0, 0.05) is 5.41 Å². The average Bonchev–Trinajstić information content (AvgIpc) is 2.73. The molecule has 2 aromatic rings. The third-order valence-electron chi connectivity index (χ3n) is 6.39. The molecule has 0 saturated carbocycles. The SMILES string of the molecule is CC(C)(C)c1ccc(C2(C)CC(C)(C)c3cc(C(C)(C)C)ccc32)cc1. The molecule has 1 unspecified atom stereocenters. The van der Waals surface area contributed by atoms with Gasteiger partial charge in [-0.1, -0.05) is 105 Å². The first kappa shape index (κ1) is 19.2. The molecule has 0 heteroatoms. The van der Waals surface area contributed by atoms with E-state index >= 15 is 0 Å². The van der Waals surface area contributed by atoms with E-state index in [1.807, 2.05) is 0 Å². The molecule has 0 heterocycles. The van der Waals surface area contributed by atoms with Gasteiger partial charge in [-0.3, -0.25) is 0 Å².